The molecule has 0 aliphatic carbocycles. The average Bonchev–Trinajstić information content (AvgIpc) is 2.12. The monoisotopic (exact) mass is 217 g/mol. The van der Waals surface area contributed by atoms with Gasteiger partial charge < -0.3 is 21.3 Å². The van der Waals surface area contributed by atoms with E-state index in [0.29, 0.717) is 0 Å². The van der Waals surface area contributed by atoms with E-state index in [9.17, 15) is 14.7 Å². The van der Waals surface area contributed by atoms with Crippen LogP contribution in [0.4, 0.5) is 0 Å². The fourth-order valence-electron chi connectivity index (χ4n) is 1.58. The summed E-state index contributed by atoms with van der Waals surface area (Å²) < 4.78 is 0. The van der Waals surface area contributed by atoms with Gasteiger partial charge in [0.1, 0.15) is 12.3 Å². The van der Waals surface area contributed by atoms with Gasteiger partial charge in [0.15, 0.2) is 0 Å². The predicted octanol–water partition coefficient (Wildman–Crippen LogP) is -2.56. The highest BCUT2D eigenvalue weighted by atomic mass is 16.4. The molecular weight excluding hydrogens is 202 g/mol. The Kier molecular flexibility index (Phi) is 3.61. The van der Waals surface area contributed by atoms with E-state index in [1.54, 1.807) is 0 Å². The van der Waals surface area contributed by atoms with E-state index < -0.39 is 30.2 Å². The lowest BCUT2D eigenvalue weighted by Crippen LogP contribution is -2.67. The van der Waals surface area contributed by atoms with Gasteiger partial charge in [0.25, 0.3) is 0 Å². The van der Waals surface area contributed by atoms with E-state index in [-0.39, 0.29) is 12.5 Å². The van der Waals surface area contributed by atoms with Crippen LogP contribution in [-0.2, 0) is 9.59 Å². The second kappa shape index (κ2) is 4.56. The number of carboxylic acid groups (broad SMARTS) is 1. The van der Waals surface area contributed by atoms with Gasteiger partial charge in [-0.1, -0.05) is 0 Å². The van der Waals surface area contributed by atoms with Gasteiger partial charge in [-0.05, 0) is 0 Å². The Morgan fingerprint density at radius 2 is 2.13 bits per heavy atom. The number of carboxylic acids is 1. The Morgan fingerprint density at radius 1 is 1.53 bits per heavy atom. The zero-order valence-electron chi connectivity index (χ0n) is 8.30. The third-order valence-corrected chi connectivity index (χ3v) is 2.43. The zero-order valence-corrected chi connectivity index (χ0v) is 8.30. The number of aliphatic hydroxyl groups is 1. The Balaban J connectivity index is 2.64. The molecule has 0 unspecified atom stereocenters. The molecule has 0 aromatic heterocycles. The van der Waals surface area contributed by atoms with E-state index in [1.807, 2.05) is 0 Å². The maximum atomic E-state index is 10.8. The molecule has 7 heteroatoms. The van der Waals surface area contributed by atoms with Crippen LogP contribution in [-0.4, -0.2) is 46.9 Å². The predicted molar refractivity (Wildman–Crippen MR) is 50.7 cm³/mol. The first-order valence-corrected chi connectivity index (χ1v) is 4.60. The van der Waals surface area contributed by atoms with Gasteiger partial charge in [0.2, 0.25) is 5.91 Å². The highest BCUT2D eigenvalue weighted by Crippen LogP contribution is 2.13. The summed E-state index contributed by atoms with van der Waals surface area (Å²) in [5.74, 6) is -2.21. The van der Waals surface area contributed by atoms with E-state index in [1.165, 1.54) is 6.92 Å². The quantitative estimate of drug-likeness (QED) is 0.346. The van der Waals surface area contributed by atoms with Crippen LogP contribution in [0.15, 0.2) is 0 Å². The van der Waals surface area contributed by atoms with Crippen LogP contribution in [0.1, 0.15) is 6.92 Å². The lowest BCUT2D eigenvalue weighted by atomic mass is 9.90. The van der Waals surface area contributed by atoms with Crippen molar-refractivity contribution in [1.29, 1.82) is 0 Å². The van der Waals surface area contributed by atoms with Gasteiger partial charge in [-0.25, -0.2) is 0 Å². The average molecular weight is 217 g/mol. The van der Waals surface area contributed by atoms with Crippen molar-refractivity contribution >= 4 is 11.9 Å². The molecule has 0 bridgehead atoms. The number of aliphatic carboxylic acids is 1. The molecule has 0 aromatic rings. The topological polar surface area (TPSA) is 125 Å². The van der Waals surface area contributed by atoms with Gasteiger partial charge in [-0.2, -0.15) is 0 Å². The van der Waals surface area contributed by atoms with Crippen molar-refractivity contribution < 1.29 is 19.8 Å². The van der Waals surface area contributed by atoms with Crippen LogP contribution >= 0.6 is 0 Å². The van der Waals surface area contributed by atoms with E-state index >= 15 is 0 Å². The van der Waals surface area contributed by atoms with Crippen molar-refractivity contribution in [2.24, 2.45) is 11.7 Å². The Hall–Kier alpha value is -1.18. The van der Waals surface area contributed by atoms with Crippen LogP contribution in [0.5, 0.6) is 0 Å². The number of rotatable bonds is 2. The van der Waals surface area contributed by atoms with Gasteiger partial charge >= 0.3 is 5.97 Å². The van der Waals surface area contributed by atoms with E-state index in [2.05, 4.69) is 10.6 Å². The molecular formula is C8H15N3O4. The Morgan fingerprint density at radius 3 is 2.60 bits per heavy atom. The van der Waals surface area contributed by atoms with Crippen molar-refractivity contribution in [3.63, 3.8) is 0 Å². The van der Waals surface area contributed by atoms with Crippen LogP contribution < -0.4 is 16.4 Å². The molecule has 15 heavy (non-hydrogen) atoms. The van der Waals surface area contributed by atoms with Gasteiger partial charge in [-0.15, -0.1) is 0 Å². The van der Waals surface area contributed by atoms with Crippen LogP contribution in [0, 0.1) is 5.92 Å². The lowest BCUT2D eigenvalue weighted by molar-refractivity contribution is -0.145. The highest BCUT2D eigenvalue weighted by Gasteiger charge is 2.39. The van der Waals surface area contributed by atoms with Crippen LogP contribution in [0.3, 0.4) is 0 Å². The number of carbonyl (C=O) groups excluding carboxylic acids is 1. The molecule has 1 amide bonds. The van der Waals surface area contributed by atoms with Gasteiger partial charge in [0.05, 0.1) is 5.92 Å². The molecule has 1 saturated heterocycles. The molecule has 0 spiro atoms. The van der Waals surface area contributed by atoms with Crippen molar-refractivity contribution in [1.82, 2.24) is 10.6 Å². The van der Waals surface area contributed by atoms with E-state index in [0.717, 1.165) is 0 Å². The maximum absolute atomic E-state index is 10.8. The molecule has 6 N–H and O–H groups in total. The summed E-state index contributed by atoms with van der Waals surface area (Å²) in [5, 5.41) is 23.6. The minimum atomic E-state index is -1.11. The lowest BCUT2D eigenvalue weighted by Gasteiger charge is -2.37. The number of hydrogen-bond acceptors (Lipinski definition) is 5. The molecule has 0 aromatic carbocycles. The maximum Gasteiger partial charge on any atom is 0.309 e. The standard InChI is InChI=1S/C8H15N3O4/c1-3(12)11-7-6(13)5(9)4(2-10-7)8(14)15/h4-7,10,13H,2,9H2,1H3,(H,11,12)(H,14,15)/t4-,5+,6-,7-/m0/s1. The number of hydrogen-bond donors (Lipinski definition) is 5. The van der Waals surface area contributed by atoms with Crippen molar-refractivity contribution in [2.75, 3.05) is 6.54 Å². The fraction of sp³-hybridized carbons (Fsp3) is 0.750. The summed E-state index contributed by atoms with van der Waals surface area (Å²) in [4.78, 5) is 21.5. The summed E-state index contributed by atoms with van der Waals surface area (Å²) in [5.41, 5.74) is 5.57. The van der Waals surface area contributed by atoms with Crippen LogP contribution in [0.2, 0.25) is 0 Å². The Labute approximate surface area is 86.6 Å². The van der Waals surface area contributed by atoms with E-state index in [4.69, 9.17) is 10.8 Å². The number of aliphatic hydroxyl groups excluding tert-OH is 1. The van der Waals surface area contributed by atoms with Crippen molar-refractivity contribution in [3.8, 4) is 0 Å². The molecule has 1 fully saturated rings. The summed E-state index contributed by atoms with van der Waals surface area (Å²) in [6.45, 7) is 1.43. The third-order valence-electron chi connectivity index (χ3n) is 2.43. The molecule has 86 valence electrons. The summed E-state index contributed by atoms with van der Waals surface area (Å²) >= 11 is 0. The van der Waals surface area contributed by atoms with Gasteiger partial charge in [0, 0.05) is 19.5 Å². The molecule has 1 rings (SSSR count). The molecule has 7 nitrogen and oxygen atoms in total. The second-order valence-electron chi connectivity index (χ2n) is 3.60. The van der Waals surface area contributed by atoms with Crippen molar-refractivity contribution in [3.05, 3.63) is 0 Å². The fourth-order valence-corrected chi connectivity index (χ4v) is 1.58. The SMILES string of the molecule is CC(=O)N[C@@H]1NC[C@H](C(=O)O)[C@@H](N)[C@@H]1O. The number of carbonyl (C=O) groups is 2. The molecule has 1 aliphatic rings. The largest absolute Gasteiger partial charge is 0.481 e. The number of amides is 1. The smallest absolute Gasteiger partial charge is 0.309 e. The minimum absolute atomic E-state index is 0.124. The number of nitrogens with one attached hydrogen (secondary N) is 2. The highest BCUT2D eigenvalue weighted by molar-refractivity contribution is 5.74. The normalized spacial score (nSPS) is 35.9. The minimum Gasteiger partial charge on any atom is -0.481 e. The summed E-state index contributed by atoms with van der Waals surface area (Å²) in [6.07, 6.45) is -1.79. The third kappa shape index (κ3) is 2.65. The molecule has 1 heterocycles. The molecule has 4 atom stereocenters. The zero-order chi connectivity index (χ0) is 11.6. The second-order valence-corrected chi connectivity index (χ2v) is 3.60. The summed E-state index contributed by atoms with van der Waals surface area (Å²) in [6, 6.07) is -0.888. The first-order valence-electron chi connectivity index (χ1n) is 4.60. The van der Waals surface area contributed by atoms with Crippen molar-refractivity contribution in [2.45, 2.75) is 25.2 Å². The van der Waals surface area contributed by atoms with Gasteiger partial charge in [-0.3, -0.25) is 14.9 Å². The first-order chi connectivity index (χ1) is 6.93. The molecule has 1 aliphatic heterocycles. The number of piperidine rings is 1. The first kappa shape index (κ1) is 11.9. The molecule has 0 saturated carbocycles. The summed E-state index contributed by atoms with van der Waals surface area (Å²) in [7, 11) is 0. The molecule has 0 radical (unpaired) electrons. The number of nitrogens with two attached hydrogens (primary N) is 1. The van der Waals surface area contributed by atoms with Crippen LogP contribution in [0.25, 0.3) is 0 Å². The Bertz CT molecular complexity index is 269.